The van der Waals surface area contributed by atoms with Gasteiger partial charge in [-0.05, 0) is 24.1 Å². The molecule has 3 N–H and O–H groups in total. The first-order chi connectivity index (χ1) is 8.01. The molecule has 0 fully saturated rings. The van der Waals surface area contributed by atoms with Gasteiger partial charge in [0.25, 0.3) is 0 Å². The molecule has 0 amide bonds. The van der Waals surface area contributed by atoms with Crippen molar-refractivity contribution in [2.75, 3.05) is 7.11 Å². The fraction of sp³-hybridized carbons (Fsp3) is 0.538. The monoisotopic (exact) mass is 293 g/mol. The van der Waals surface area contributed by atoms with E-state index in [1.165, 1.54) is 0 Å². The van der Waals surface area contributed by atoms with Gasteiger partial charge in [0.15, 0.2) is 0 Å². The summed E-state index contributed by atoms with van der Waals surface area (Å²) in [6.07, 6.45) is 0.268. The van der Waals surface area contributed by atoms with Crippen LogP contribution in [0.4, 0.5) is 0 Å². The van der Waals surface area contributed by atoms with Crippen LogP contribution in [0.3, 0.4) is 0 Å². The maximum atomic E-state index is 10.1. The Labute approximate surface area is 120 Å². The van der Waals surface area contributed by atoms with Crippen molar-refractivity contribution >= 4 is 24.0 Å². The zero-order valence-electron chi connectivity index (χ0n) is 10.9. The third-order valence-electron chi connectivity index (χ3n) is 3.15. The molecule has 1 rings (SSSR count). The third-order valence-corrected chi connectivity index (χ3v) is 3.38. The summed E-state index contributed by atoms with van der Waals surface area (Å²) in [4.78, 5) is 0. The minimum atomic E-state index is -0.604. The van der Waals surface area contributed by atoms with Crippen LogP contribution in [0.25, 0.3) is 0 Å². The van der Waals surface area contributed by atoms with Crippen LogP contribution in [0.2, 0.25) is 5.02 Å². The standard InChI is InChI=1S/C13H20ClNO2.ClH/c1-4-8(2)13(16)12(15)10-7-9(14)5-6-11(10)17-3;/h5-8,12-13,16H,4,15H2,1-3H3;1H/t8?,12-,13+;/m0./s1. The molecule has 0 spiro atoms. The summed E-state index contributed by atoms with van der Waals surface area (Å²) in [5.41, 5.74) is 6.81. The van der Waals surface area contributed by atoms with Crippen molar-refractivity contribution in [3.8, 4) is 5.75 Å². The second-order valence-electron chi connectivity index (χ2n) is 4.29. The zero-order valence-corrected chi connectivity index (χ0v) is 12.5. The van der Waals surface area contributed by atoms with E-state index in [0.29, 0.717) is 10.8 Å². The fourth-order valence-corrected chi connectivity index (χ4v) is 1.93. The molecule has 3 atom stereocenters. The molecule has 5 heteroatoms. The highest BCUT2D eigenvalue weighted by molar-refractivity contribution is 6.30. The first-order valence-electron chi connectivity index (χ1n) is 5.78. The van der Waals surface area contributed by atoms with E-state index in [0.717, 1.165) is 12.0 Å². The highest BCUT2D eigenvalue weighted by Crippen LogP contribution is 2.31. The van der Waals surface area contributed by atoms with Crippen LogP contribution < -0.4 is 10.5 Å². The van der Waals surface area contributed by atoms with Crippen molar-refractivity contribution in [3.63, 3.8) is 0 Å². The summed E-state index contributed by atoms with van der Waals surface area (Å²) < 4.78 is 5.24. The SMILES string of the molecule is CCC(C)[C@@H](O)[C@@H](N)c1cc(Cl)ccc1OC.Cl. The predicted molar refractivity (Wildman–Crippen MR) is 77.6 cm³/mol. The zero-order chi connectivity index (χ0) is 13.0. The Balaban J connectivity index is 0.00000289. The molecule has 0 heterocycles. The van der Waals surface area contributed by atoms with E-state index in [9.17, 15) is 5.11 Å². The summed E-state index contributed by atoms with van der Waals surface area (Å²) in [6, 6.07) is 4.77. The van der Waals surface area contributed by atoms with E-state index < -0.39 is 12.1 Å². The molecule has 1 aromatic rings. The summed E-state index contributed by atoms with van der Waals surface area (Å²) in [7, 11) is 1.58. The molecule has 0 radical (unpaired) electrons. The topological polar surface area (TPSA) is 55.5 Å². The first kappa shape index (κ1) is 17.5. The molecule has 18 heavy (non-hydrogen) atoms. The van der Waals surface area contributed by atoms with E-state index in [-0.39, 0.29) is 18.3 Å². The molecule has 104 valence electrons. The van der Waals surface area contributed by atoms with Crippen LogP contribution in [0.15, 0.2) is 18.2 Å². The van der Waals surface area contributed by atoms with Crippen molar-refractivity contribution in [1.82, 2.24) is 0 Å². The number of halogens is 2. The van der Waals surface area contributed by atoms with Crippen LogP contribution in [0, 0.1) is 5.92 Å². The number of aliphatic hydroxyl groups is 1. The Bertz CT molecular complexity index is 374. The highest BCUT2D eigenvalue weighted by atomic mass is 35.5. The minimum absolute atomic E-state index is 0. The third kappa shape index (κ3) is 4.02. The molecule has 1 unspecified atom stereocenters. The van der Waals surface area contributed by atoms with Gasteiger partial charge >= 0.3 is 0 Å². The van der Waals surface area contributed by atoms with Gasteiger partial charge in [0.1, 0.15) is 5.75 Å². The Morgan fingerprint density at radius 3 is 2.56 bits per heavy atom. The Kier molecular flexibility index (Phi) is 7.64. The normalized spacial score (nSPS) is 15.4. The number of ether oxygens (including phenoxy) is 1. The molecule has 3 nitrogen and oxygen atoms in total. The number of hydrogen-bond donors (Lipinski definition) is 2. The predicted octanol–water partition coefficient (Wildman–Crippen LogP) is 3.18. The van der Waals surface area contributed by atoms with Crippen LogP contribution in [-0.4, -0.2) is 18.3 Å². The number of benzene rings is 1. The Hall–Kier alpha value is -0.480. The molecule has 0 saturated carbocycles. The number of rotatable bonds is 5. The molecule has 0 bridgehead atoms. The maximum Gasteiger partial charge on any atom is 0.123 e. The lowest BCUT2D eigenvalue weighted by Gasteiger charge is -2.25. The summed E-state index contributed by atoms with van der Waals surface area (Å²) in [5.74, 6) is 0.790. The van der Waals surface area contributed by atoms with Gasteiger partial charge in [-0.25, -0.2) is 0 Å². The van der Waals surface area contributed by atoms with Crippen LogP contribution >= 0.6 is 24.0 Å². The second-order valence-corrected chi connectivity index (χ2v) is 4.72. The van der Waals surface area contributed by atoms with Crippen LogP contribution in [0.1, 0.15) is 31.9 Å². The van der Waals surface area contributed by atoms with Crippen molar-refractivity contribution in [2.24, 2.45) is 11.7 Å². The quantitative estimate of drug-likeness (QED) is 0.877. The van der Waals surface area contributed by atoms with Gasteiger partial charge in [-0.1, -0.05) is 31.9 Å². The average molecular weight is 294 g/mol. The lowest BCUT2D eigenvalue weighted by molar-refractivity contribution is 0.0871. The first-order valence-corrected chi connectivity index (χ1v) is 6.16. The fourth-order valence-electron chi connectivity index (χ4n) is 1.75. The van der Waals surface area contributed by atoms with Gasteiger partial charge in [0.05, 0.1) is 19.3 Å². The summed E-state index contributed by atoms with van der Waals surface area (Å²) >= 11 is 5.94. The lowest BCUT2D eigenvalue weighted by atomic mass is 9.91. The largest absolute Gasteiger partial charge is 0.496 e. The van der Waals surface area contributed by atoms with E-state index in [2.05, 4.69) is 0 Å². The molecular formula is C13H21Cl2NO2. The summed E-state index contributed by atoms with van der Waals surface area (Å²) in [6.45, 7) is 4.00. The lowest BCUT2D eigenvalue weighted by Crippen LogP contribution is -2.31. The Morgan fingerprint density at radius 2 is 2.06 bits per heavy atom. The second kappa shape index (κ2) is 7.85. The van der Waals surface area contributed by atoms with E-state index in [1.54, 1.807) is 25.3 Å². The molecular weight excluding hydrogens is 273 g/mol. The van der Waals surface area contributed by atoms with Crippen LogP contribution in [-0.2, 0) is 0 Å². The van der Waals surface area contributed by atoms with Crippen molar-refractivity contribution in [1.29, 1.82) is 0 Å². The van der Waals surface area contributed by atoms with E-state index in [1.807, 2.05) is 13.8 Å². The summed E-state index contributed by atoms with van der Waals surface area (Å²) in [5, 5.41) is 10.7. The van der Waals surface area contributed by atoms with Crippen molar-refractivity contribution in [2.45, 2.75) is 32.4 Å². The molecule has 0 aromatic heterocycles. The van der Waals surface area contributed by atoms with E-state index >= 15 is 0 Å². The average Bonchev–Trinajstić information content (AvgIpc) is 2.35. The number of methoxy groups -OCH3 is 1. The smallest absolute Gasteiger partial charge is 0.123 e. The van der Waals surface area contributed by atoms with Crippen molar-refractivity contribution in [3.05, 3.63) is 28.8 Å². The van der Waals surface area contributed by atoms with Gasteiger partial charge in [0.2, 0.25) is 0 Å². The van der Waals surface area contributed by atoms with E-state index in [4.69, 9.17) is 22.1 Å². The van der Waals surface area contributed by atoms with Crippen LogP contribution in [0.5, 0.6) is 5.75 Å². The van der Waals surface area contributed by atoms with Gasteiger partial charge in [-0.2, -0.15) is 0 Å². The molecule has 0 aliphatic carbocycles. The Morgan fingerprint density at radius 1 is 1.44 bits per heavy atom. The number of hydrogen-bond acceptors (Lipinski definition) is 3. The van der Waals surface area contributed by atoms with Gasteiger partial charge in [-0.15, -0.1) is 12.4 Å². The molecule has 1 aromatic carbocycles. The molecule has 0 aliphatic rings. The highest BCUT2D eigenvalue weighted by Gasteiger charge is 2.24. The molecule has 0 aliphatic heterocycles. The molecule has 0 saturated heterocycles. The number of aliphatic hydroxyl groups excluding tert-OH is 1. The minimum Gasteiger partial charge on any atom is -0.496 e. The van der Waals surface area contributed by atoms with Gasteiger partial charge in [-0.3, -0.25) is 0 Å². The number of nitrogens with two attached hydrogens (primary N) is 1. The van der Waals surface area contributed by atoms with Gasteiger partial charge < -0.3 is 15.6 Å². The van der Waals surface area contributed by atoms with Gasteiger partial charge in [0, 0.05) is 10.6 Å². The van der Waals surface area contributed by atoms with Crippen molar-refractivity contribution < 1.29 is 9.84 Å². The maximum absolute atomic E-state index is 10.1.